The van der Waals surface area contributed by atoms with Gasteiger partial charge in [0, 0.05) is 26.9 Å². The highest BCUT2D eigenvalue weighted by Gasteiger charge is 2.15. The standard InChI is InChI=1S/C15H8ClN3OS2/c16-10-4-2-1-3-8(10)9-5-22-15-12(9)14(20)18-13(19-15)11-6-21-7-17-11/h1-7H,(H,18,19,20). The molecule has 0 saturated heterocycles. The Morgan fingerprint density at radius 3 is 2.77 bits per heavy atom. The fraction of sp³-hybridized carbons (Fsp3) is 0. The van der Waals surface area contributed by atoms with E-state index in [0.29, 0.717) is 26.8 Å². The first-order chi connectivity index (χ1) is 10.7. The molecule has 0 aliphatic carbocycles. The van der Waals surface area contributed by atoms with Gasteiger partial charge in [0.2, 0.25) is 0 Å². The van der Waals surface area contributed by atoms with Crippen molar-refractivity contribution >= 4 is 44.5 Å². The Hall–Kier alpha value is -2.02. The minimum atomic E-state index is -0.177. The van der Waals surface area contributed by atoms with Crippen LogP contribution in [-0.2, 0) is 0 Å². The van der Waals surface area contributed by atoms with Gasteiger partial charge in [0.1, 0.15) is 10.5 Å². The largest absolute Gasteiger partial charge is 0.305 e. The van der Waals surface area contributed by atoms with Gasteiger partial charge in [-0.15, -0.1) is 22.7 Å². The molecule has 0 bridgehead atoms. The smallest absolute Gasteiger partial charge is 0.260 e. The highest BCUT2D eigenvalue weighted by molar-refractivity contribution is 7.17. The molecular weight excluding hydrogens is 338 g/mol. The molecule has 7 heteroatoms. The summed E-state index contributed by atoms with van der Waals surface area (Å²) in [6, 6.07) is 7.47. The van der Waals surface area contributed by atoms with Crippen LogP contribution < -0.4 is 5.56 Å². The van der Waals surface area contributed by atoms with Crippen LogP contribution in [0.15, 0.2) is 45.3 Å². The second-order valence-electron chi connectivity index (χ2n) is 4.60. The first kappa shape index (κ1) is 13.6. The van der Waals surface area contributed by atoms with Gasteiger partial charge < -0.3 is 4.98 Å². The first-order valence-corrected chi connectivity index (χ1v) is 8.59. The quantitative estimate of drug-likeness (QED) is 0.584. The average Bonchev–Trinajstić information content (AvgIpc) is 3.17. The summed E-state index contributed by atoms with van der Waals surface area (Å²) >= 11 is 9.14. The van der Waals surface area contributed by atoms with Gasteiger partial charge in [-0.25, -0.2) is 9.97 Å². The minimum Gasteiger partial charge on any atom is -0.305 e. The van der Waals surface area contributed by atoms with Gasteiger partial charge in [-0.1, -0.05) is 29.8 Å². The third-order valence-corrected chi connectivity index (χ3v) is 5.07. The topological polar surface area (TPSA) is 58.6 Å². The first-order valence-electron chi connectivity index (χ1n) is 6.39. The third-order valence-electron chi connectivity index (χ3n) is 3.28. The van der Waals surface area contributed by atoms with E-state index in [2.05, 4.69) is 15.0 Å². The van der Waals surface area contributed by atoms with Crippen molar-refractivity contribution in [3.63, 3.8) is 0 Å². The molecule has 0 radical (unpaired) electrons. The number of hydrogen-bond acceptors (Lipinski definition) is 5. The number of aromatic nitrogens is 3. The maximum absolute atomic E-state index is 12.5. The molecule has 0 unspecified atom stereocenters. The van der Waals surface area contributed by atoms with Crippen LogP contribution in [-0.4, -0.2) is 15.0 Å². The van der Waals surface area contributed by atoms with Crippen LogP contribution in [0, 0.1) is 0 Å². The van der Waals surface area contributed by atoms with E-state index in [1.165, 1.54) is 22.7 Å². The van der Waals surface area contributed by atoms with Crippen LogP contribution in [0.3, 0.4) is 0 Å². The predicted molar refractivity (Wildman–Crippen MR) is 91.8 cm³/mol. The van der Waals surface area contributed by atoms with Gasteiger partial charge in [-0.2, -0.15) is 0 Å². The van der Waals surface area contributed by atoms with Crippen molar-refractivity contribution in [1.29, 1.82) is 0 Å². The molecule has 0 fully saturated rings. The molecule has 3 heterocycles. The zero-order valence-corrected chi connectivity index (χ0v) is 13.4. The zero-order valence-electron chi connectivity index (χ0n) is 11.0. The number of nitrogens with zero attached hydrogens (tertiary/aromatic N) is 2. The van der Waals surface area contributed by atoms with Crippen molar-refractivity contribution in [2.24, 2.45) is 0 Å². The van der Waals surface area contributed by atoms with Crippen molar-refractivity contribution in [2.75, 3.05) is 0 Å². The summed E-state index contributed by atoms with van der Waals surface area (Å²) < 4.78 is 0. The second kappa shape index (κ2) is 5.31. The molecule has 0 amide bonds. The van der Waals surface area contributed by atoms with E-state index in [1.54, 1.807) is 5.51 Å². The highest BCUT2D eigenvalue weighted by atomic mass is 35.5. The number of hydrogen-bond donors (Lipinski definition) is 1. The fourth-order valence-corrected chi connectivity index (χ4v) is 3.99. The Labute approximate surface area is 138 Å². The number of rotatable bonds is 2. The van der Waals surface area contributed by atoms with Crippen LogP contribution in [0.25, 0.3) is 32.9 Å². The summed E-state index contributed by atoms with van der Waals surface area (Å²) in [5.74, 6) is 0.492. The van der Waals surface area contributed by atoms with E-state index in [4.69, 9.17) is 11.6 Å². The highest BCUT2D eigenvalue weighted by Crippen LogP contribution is 2.35. The maximum Gasteiger partial charge on any atom is 0.260 e. The van der Waals surface area contributed by atoms with E-state index in [9.17, 15) is 4.79 Å². The Kier molecular flexibility index (Phi) is 3.29. The molecular formula is C15H8ClN3OS2. The van der Waals surface area contributed by atoms with Crippen molar-refractivity contribution in [3.8, 4) is 22.6 Å². The summed E-state index contributed by atoms with van der Waals surface area (Å²) in [6.07, 6.45) is 0. The predicted octanol–water partition coefficient (Wildman–Crippen LogP) is 4.43. The minimum absolute atomic E-state index is 0.177. The Morgan fingerprint density at radius 2 is 2.00 bits per heavy atom. The van der Waals surface area contributed by atoms with Gasteiger partial charge >= 0.3 is 0 Å². The maximum atomic E-state index is 12.5. The molecule has 0 aliphatic heterocycles. The molecule has 4 nitrogen and oxygen atoms in total. The summed E-state index contributed by atoms with van der Waals surface area (Å²) in [6.45, 7) is 0. The van der Waals surface area contributed by atoms with Crippen molar-refractivity contribution in [1.82, 2.24) is 15.0 Å². The third kappa shape index (κ3) is 2.16. The molecule has 0 spiro atoms. The summed E-state index contributed by atoms with van der Waals surface area (Å²) in [5.41, 5.74) is 3.86. The molecule has 1 aromatic carbocycles. The molecule has 4 aromatic rings. The van der Waals surface area contributed by atoms with Crippen molar-refractivity contribution in [2.45, 2.75) is 0 Å². The van der Waals surface area contributed by atoms with E-state index >= 15 is 0 Å². The molecule has 0 saturated carbocycles. The monoisotopic (exact) mass is 345 g/mol. The van der Waals surface area contributed by atoms with Gasteiger partial charge in [-0.05, 0) is 6.07 Å². The molecule has 4 rings (SSSR count). The lowest BCUT2D eigenvalue weighted by atomic mass is 10.1. The van der Waals surface area contributed by atoms with Crippen molar-refractivity contribution < 1.29 is 0 Å². The number of benzene rings is 1. The lowest BCUT2D eigenvalue weighted by Crippen LogP contribution is -2.09. The van der Waals surface area contributed by atoms with E-state index in [0.717, 1.165) is 11.1 Å². The number of thiophene rings is 1. The number of thiazole rings is 1. The average molecular weight is 346 g/mol. The summed E-state index contributed by atoms with van der Waals surface area (Å²) in [7, 11) is 0. The number of aromatic amines is 1. The van der Waals surface area contributed by atoms with E-state index < -0.39 is 0 Å². The van der Waals surface area contributed by atoms with Crippen LogP contribution in [0.2, 0.25) is 5.02 Å². The second-order valence-corrected chi connectivity index (χ2v) is 6.58. The van der Waals surface area contributed by atoms with Crippen LogP contribution >= 0.6 is 34.3 Å². The molecule has 22 heavy (non-hydrogen) atoms. The Morgan fingerprint density at radius 1 is 1.14 bits per heavy atom. The van der Waals surface area contributed by atoms with Gasteiger partial charge in [0.05, 0.1) is 10.9 Å². The van der Waals surface area contributed by atoms with E-state index in [1.807, 2.05) is 35.0 Å². The fourth-order valence-electron chi connectivity index (χ4n) is 2.28. The molecule has 0 atom stereocenters. The summed E-state index contributed by atoms with van der Waals surface area (Å²) in [5, 5.41) is 4.95. The lowest BCUT2D eigenvalue weighted by molar-refractivity contribution is 1.16. The Bertz CT molecular complexity index is 1020. The molecule has 3 aromatic heterocycles. The number of halogens is 1. The van der Waals surface area contributed by atoms with Gasteiger partial charge in [0.15, 0.2) is 5.82 Å². The van der Waals surface area contributed by atoms with Gasteiger partial charge in [-0.3, -0.25) is 4.79 Å². The lowest BCUT2D eigenvalue weighted by Gasteiger charge is -2.02. The van der Waals surface area contributed by atoms with E-state index in [-0.39, 0.29) is 5.56 Å². The summed E-state index contributed by atoms with van der Waals surface area (Å²) in [4.78, 5) is 24.7. The molecule has 1 N–H and O–H groups in total. The van der Waals surface area contributed by atoms with Crippen molar-refractivity contribution in [3.05, 3.63) is 55.9 Å². The molecule has 108 valence electrons. The number of fused-ring (bicyclic) bond motifs is 1. The van der Waals surface area contributed by atoms with Crippen LogP contribution in [0.1, 0.15) is 0 Å². The SMILES string of the molecule is O=c1[nH]c(-c2cscn2)nc2scc(-c3ccccc3Cl)c12. The van der Waals surface area contributed by atoms with Crippen LogP contribution in [0.5, 0.6) is 0 Å². The zero-order chi connectivity index (χ0) is 15.1. The Balaban J connectivity index is 1.98. The normalized spacial score (nSPS) is 11.1. The number of H-pyrrole nitrogens is 1. The van der Waals surface area contributed by atoms with Gasteiger partial charge in [0.25, 0.3) is 5.56 Å². The number of nitrogens with one attached hydrogen (secondary N) is 1. The van der Waals surface area contributed by atoms with Crippen LogP contribution in [0.4, 0.5) is 0 Å². The molecule has 0 aliphatic rings.